The van der Waals surface area contributed by atoms with Gasteiger partial charge in [0.25, 0.3) is 0 Å². The van der Waals surface area contributed by atoms with Gasteiger partial charge >= 0.3 is 5.97 Å². The highest BCUT2D eigenvalue weighted by atomic mass is 16.5. The lowest BCUT2D eigenvalue weighted by atomic mass is 10.0. The zero-order valence-corrected chi connectivity index (χ0v) is 18.8. The van der Waals surface area contributed by atoms with Gasteiger partial charge in [0.05, 0.1) is 13.2 Å². The van der Waals surface area contributed by atoms with Crippen molar-refractivity contribution in [2.75, 3.05) is 7.11 Å². The normalized spacial score (nSPS) is 12.5. The van der Waals surface area contributed by atoms with E-state index in [2.05, 4.69) is 5.32 Å². The number of aliphatic carboxylic acids is 1. The minimum Gasteiger partial charge on any atom is -0.496 e. The molecule has 2 N–H and O–H groups in total. The summed E-state index contributed by atoms with van der Waals surface area (Å²) in [7, 11) is 1.56. The first kappa shape index (κ1) is 24.2. The van der Waals surface area contributed by atoms with Gasteiger partial charge in [-0.05, 0) is 56.5 Å². The van der Waals surface area contributed by atoms with Crippen LogP contribution in [0.1, 0.15) is 43.0 Å². The van der Waals surface area contributed by atoms with Crippen LogP contribution in [-0.4, -0.2) is 36.3 Å². The summed E-state index contributed by atoms with van der Waals surface area (Å²) in [5.41, 5.74) is 4.26. The average molecular weight is 426 g/mol. The highest BCUT2D eigenvalue weighted by Crippen LogP contribution is 2.22. The topological polar surface area (TPSA) is 84.9 Å². The molecule has 0 bridgehead atoms. The number of rotatable bonds is 10. The Labute approximate surface area is 183 Å². The maximum absolute atomic E-state index is 12.6. The van der Waals surface area contributed by atoms with Crippen LogP contribution in [0.4, 0.5) is 0 Å². The summed E-state index contributed by atoms with van der Waals surface area (Å²) in [5.74, 6) is -0.556. The third-order valence-corrected chi connectivity index (χ3v) is 4.84. The maximum atomic E-state index is 12.6. The Hall–Kier alpha value is -3.12. The minimum absolute atomic E-state index is 0.178. The standard InChI is InChI=1S/C25H31NO5/c1-16(2)31-23(25(28)29)14-19-10-11-22(30-5)21(13-19)15-26-24(27)18(4)12-20-9-7-6-8-17(20)3/h6-13,16,23H,14-15H2,1-5H3,(H,26,27)(H,28,29). The molecule has 2 aromatic rings. The van der Waals surface area contributed by atoms with Gasteiger partial charge in [0.15, 0.2) is 6.10 Å². The Morgan fingerprint density at radius 3 is 2.48 bits per heavy atom. The van der Waals surface area contributed by atoms with E-state index >= 15 is 0 Å². The Morgan fingerprint density at radius 1 is 1.16 bits per heavy atom. The minimum atomic E-state index is -1.00. The van der Waals surface area contributed by atoms with Crippen molar-refractivity contribution in [3.8, 4) is 5.75 Å². The smallest absolute Gasteiger partial charge is 0.333 e. The van der Waals surface area contributed by atoms with Crippen molar-refractivity contribution in [3.63, 3.8) is 0 Å². The van der Waals surface area contributed by atoms with Crippen LogP contribution >= 0.6 is 0 Å². The van der Waals surface area contributed by atoms with Crippen molar-refractivity contribution < 1.29 is 24.2 Å². The number of amides is 1. The van der Waals surface area contributed by atoms with Gasteiger partial charge in [-0.3, -0.25) is 4.79 Å². The molecule has 0 radical (unpaired) electrons. The van der Waals surface area contributed by atoms with Crippen LogP contribution in [0, 0.1) is 6.92 Å². The number of nitrogens with one attached hydrogen (secondary N) is 1. The molecule has 2 aromatic carbocycles. The highest BCUT2D eigenvalue weighted by molar-refractivity contribution is 5.97. The zero-order chi connectivity index (χ0) is 23.0. The molecule has 0 saturated carbocycles. The van der Waals surface area contributed by atoms with Crippen molar-refractivity contribution in [3.05, 3.63) is 70.3 Å². The van der Waals surface area contributed by atoms with Gasteiger partial charge < -0.3 is 19.9 Å². The molecule has 0 aliphatic rings. The molecule has 0 spiro atoms. The van der Waals surface area contributed by atoms with Crippen molar-refractivity contribution >= 4 is 18.0 Å². The predicted molar refractivity (Wildman–Crippen MR) is 121 cm³/mol. The molecule has 0 aromatic heterocycles. The van der Waals surface area contributed by atoms with Crippen LogP contribution in [-0.2, 0) is 27.3 Å². The van der Waals surface area contributed by atoms with Gasteiger partial charge in [-0.25, -0.2) is 4.79 Å². The van der Waals surface area contributed by atoms with Crippen molar-refractivity contribution in [1.82, 2.24) is 5.32 Å². The Bertz CT molecular complexity index is 949. The lowest BCUT2D eigenvalue weighted by Gasteiger charge is -2.18. The van der Waals surface area contributed by atoms with Gasteiger partial charge in [-0.1, -0.05) is 36.4 Å². The van der Waals surface area contributed by atoms with Crippen LogP contribution in [0.3, 0.4) is 0 Å². The first-order valence-electron chi connectivity index (χ1n) is 10.3. The number of carbonyl (C=O) groups is 2. The fraction of sp³-hybridized carbons (Fsp3) is 0.360. The van der Waals surface area contributed by atoms with Gasteiger partial charge in [0.1, 0.15) is 5.75 Å². The molecule has 0 fully saturated rings. The Kier molecular flexibility index (Phi) is 8.82. The first-order chi connectivity index (χ1) is 14.7. The summed E-state index contributed by atoms with van der Waals surface area (Å²) in [6.07, 6.45) is 0.959. The number of aryl methyl sites for hydroxylation is 1. The molecule has 6 heteroatoms. The van der Waals surface area contributed by atoms with Crippen LogP contribution in [0.15, 0.2) is 48.0 Å². The predicted octanol–water partition coefficient (Wildman–Crippen LogP) is 4.14. The maximum Gasteiger partial charge on any atom is 0.333 e. The summed E-state index contributed by atoms with van der Waals surface area (Å²) in [4.78, 5) is 24.1. The molecule has 31 heavy (non-hydrogen) atoms. The van der Waals surface area contributed by atoms with E-state index in [1.165, 1.54) is 0 Å². The van der Waals surface area contributed by atoms with Crippen LogP contribution in [0.5, 0.6) is 5.75 Å². The summed E-state index contributed by atoms with van der Waals surface area (Å²) in [6, 6.07) is 13.3. The van der Waals surface area contributed by atoms with Crippen molar-refractivity contribution in [1.29, 1.82) is 0 Å². The molecular formula is C25H31NO5. The van der Waals surface area contributed by atoms with Gasteiger partial charge in [-0.2, -0.15) is 0 Å². The number of carboxylic acid groups (broad SMARTS) is 1. The number of benzene rings is 2. The van der Waals surface area contributed by atoms with Crippen LogP contribution in [0.25, 0.3) is 6.08 Å². The van der Waals surface area contributed by atoms with Crippen molar-refractivity contribution in [2.24, 2.45) is 0 Å². The largest absolute Gasteiger partial charge is 0.496 e. The molecule has 0 heterocycles. The number of ether oxygens (including phenoxy) is 2. The Morgan fingerprint density at radius 2 is 1.87 bits per heavy atom. The van der Waals surface area contributed by atoms with E-state index in [0.29, 0.717) is 11.3 Å². The van der Waals surface area contributed by atoms with Crippen LogP contribution in [0.2, 0.25) is 0 Å². The monoisotopic (exact) mass is 425 g/mol. The van der Waals surface area contributed by atoms with E-state index in [9.17, 15) is 14.7 Å². The second-order valence-corrected chi connectivity index (χ2v) is 7.73. The first-order valence-corrected chi connectivity index (χ1v) is 10.3. The molecule has 6 nitrogen and oxygen atoms in total. The molecule has 0 aliphatic carbocycles. The lowest BCUT2D eigenvalue weighted by molar-refractivity contribution is -0.153. The number of hydrogen-bond donors (Lipinski definition) is 2. The van der Waals surface area contributed by atoms with Crippen molar-refractivity contribution in [2.45, 2.75) is 52.9 Å². The molecule has 1 amide bonds. The fourth-order valence-corrected chi connectivity index (χ4v) is 3.20. The quantitative estimate of drug-likeness (QED) is 0.559. The molecule has 0 aliphatic heterocycles. The lowest BCUT2D eigenvalue weighted by Crippen LogP contribution is -2.29. The van der Waals surface area contributed by atoms with E-state index in [-0.39, 0.29) is 25.0 Å². The van der Waals surface area contributed by atoms with Crippen LogP contribution < -0.4 is 10.1 Å². The summed E-state index contributed by atoms with van der Waals surface area (Å²) in [6.45, 7) is 7.64. The third kappa shape index (κ3) is 7.26. The second kappa shape index (κ2) is 11.3. The third-order valence-electron chi connectivity index (χ3n) is 4.84. The molecule has 166 valence electrons. The van der Waals surface area contributed by atoms with E-state index in [1.807, 2.05) is 49.4 Å². The van der Waals surface area contributed by atoms with E-state index in [4.69, 9.17) is 9.47 Å². The van der Waals surface area contributed by atoms with E-state index < -0.39 is 12.1 Å². The van der Waals surface area contributed by atoms with Gasteiger partial charge in [0, 0.05) is 24.1 Å². The number of methoxy groups -OCH3 is 1. The number of carbonyl (C=O) groups excluding carboxylic acids is 1. The summed E-state index contributed by atoms with van der Waals surface area (Å²) in [5, 5.41) is 12.3. The number of carboxylic acids is 1. The SMILES string of the molecule is COc1ccc(CC(OC(C)C)C(=O)O)cc1CNC(=O)C(C)=Cc1ccccc1C. The summed E-state index contributed by atoms with van der Waals surface area (Å²) < 4.78 is 10.9. The van der Waals surface area contributed by atoms with E-state index in [1.54, 1.807) is 33.9 Å². The average Bonchev–Trinajstić information content (AvgIpc) is 2.72. The number of hydrogen-bond acceptors (Lipinski definition) is 4. The molecule has 1 unspecified atom stereocenters. The van der Waals surface area contributed by atoms with Gasteiger partial charge in [0.2, 0.25) is 5.91 Å². The Balaban J connectivity index is 2.13. The zero-order valence-electron chi connectivity index (χ0n) is 18.8. The van der Waals surface area contributed by atoms with Gasteiger partial charge in [-0.15, -0.1) is 0 Å². The second-order valence-electron chi connectivity index (χ2n) is 7.73. The summed E-state index contributed by atoms with van der Waals surface area (Å²) >= 11 is 0. The molecular weight excluding hydrogens is 394 g/mol. The van der Waals surface area contributed by atoms with E-state index in [0.717, 1.165) is 22.3 Å². The molecule has 2 rings (SSSR count). The molecule has 0 saturated heterocycles. The highest BCUT2D eigenvalue weighted by Gasteiger charge is 2.21. The molecule has 1 atom stereocenters. The fourth-order valence-electron chi connectivity index (χ4n) is 3.20.